The number of carbonyl (C=O) groups excluding carboxylic acids is 1. The Balaban J connectivity index is 1.78. The molecule has 1 aliphatic carbocycles. The molecule has 1 saturated heterocycles. The van der Waals surface area contributed by atoms with Crippen LogP contribution < -0.4 is 10.6 Å². The van der Waals surface area contributed by atoms with Crippen molar-refractivity contribution >= 4 is 5.91 Å². The van der Waals surface area contributed by atoms with E-state index < -0.39 is 6.10 Å². The molecular formula is C15H28N2O2. The van der Waals surface area contributed by atoms with E-state index in [0.29, 0.717) is 18.4 Å². The van der Waals surface area contributed by atoms with Crippen molar-refractivity contribution in [2.24, 2.45) is 17.8 Å². The van der Waals surface area contributed by atoms with Crippen LogP contribution in [0.3, 0.4) is 0 Å². The monoisotopic (exact) mass is 268 g/mol. The Kier molecular flexibility index (Phi) is 5.22. The highest BCUT2D eigenvalue weighted by atomic mass is 16.3. The Morgan fingerprint density at radius 2 is 2.11 bits per heavy atom. The lowest BCUT2D eigenvalue weighted by Crippen LogP contribution is -2.47. The summed E-state index contributed by atoms with van der Waals surface area (Å²) < 4.78 is 0. The van der Waals surface area contributed by atoms with Crippen molar-refractivity contribution in [1.82, 2.24) is 10.6 Å². The minimum atomic E-state index is -0.417. The number of aliphatic hydroxyl groups is 1. The Hall–Kier alpha value is -0.610. The van der Waals surface area contributed by atoms with Crippen LogP contribution in [0.25, 0.3) is 0 Å². The first-order valence-corrected chi connectivity index (χ1v) is 7.86. The predicted octanol–water partition coefficient (Wildman–Crippen LogP) is 1.29. The standard InChI is InChI=1S/C15H28N2O2/c1-3-10(4-2)13(18)9-17-15(19)14-12-7-5-6-11(12)8-16-14/h10-14,16,18H,3-9H2,1-2H3,(H,17,19). The molecule has 1 saturated carbocycles. The zero-order chi connectivity index (χ0) is 13.8. The Bertz CT molecular complexity index is 305. The summed E-state index contributed by atoms with van der Waals surface area (Å²) in [5, 5.41) is 16.3. The molecule has 0 aromatic carbocycles. The molecule has 4 unspecified atom stereocenters. The van der Waals surface area contributed by atoms with Gasteiger partial charge in [0.1, 0.15) is 0 Å². The van der Waals surface area contributed by atoms with Gasteiger partial charge in [0, 0.05) is 6.54 Å². The van der Waals surface area contributed by atoms with Crippen molar-refractivity contribution in [2.75, 3.05) is 13.1 Å². The molecule has 2 fully saturated rings. The van der Waals surface area contributed by atoms with Gasteiger partial charge >= 0.3 is 0 Å². The summed E-state index contributed by atoms with van der Waals surface area (Å²) in [4.78, 5) is 12.2. The average Bonchev–Trinajstić information content (AvgIpc) is 2.99. The molecule has 2 aliphatic rings. The van der Waals surface area contributed by atoms with Crippen LogP contribution in [0, 0.1) is 17.8 Å². The number of nitrogens with one attached hydrogen (secondary N) is 2. The molecule has 4 heteroatoms. The summed E-state index contributed by atoms with van der Waals surface area (Å²) in [5.41, 5.74) is 0. The van der Waals surface area contributed by atoms with Crippen LogP contribution in [0.1, 0.15) is 46.0 Å². The van der Waals surface area contributed by atoms with E-state index in [4.69, 9.17) is 0 Å². The van der Waals surface area contributed by atoms with E-state index in [9.17, 15) is 9.90 Å². The lowest BCUT2D eigenvalue weighted by Gasteiger charge is -2.23. The van der Waals surface area contributed by atoms with Gasteiger partial charge < -0.3 is 15.7 Å². The smallest absolute Gasteiger partial charge is 0.237 e. The SMILES string of the molecule is CCC(CC)C(O)CNC(=O)C1NCC2CCCC21. The fraction of sp³-hybridized carbons (Fsp3) is 0.933. The minimum absolute atomic E-state index is 0.0265. The molecule has 110 valence electrons. The van der Waals surface area contributed by atoms with Gasteiger partial charge in [-0.2, -0.15) is 0 Å². The molecule has 0 spiro atoms. The number of rotatable bonds is 6. The summed E-state index contributed by atoms with van der Waals surface area (Å²) in [6.07, 6.45) is 5.19. The lowest BCUT2D eigenvalue weighted by atomic mass is 9.93. The molecule has 2 rings (SSSR count). The Morgan fingerprint density at radius 3 is 2.79 bits per heavy atom. The number of hydrogen-bond donors (Lipinski definition) is 3. The largest absolute Gasteiger partial charge is 0.391 e. The zero-order valence-corrected chi connectivity index (χ0v) is 12.2. The van der Waals surface area contributed by atoms with E-state index in [-0.39, 0.29) is 17.9 Å². The Labute approximate surface area is 116 Å². The molecule has 0 aromatic heterocycles. The number of aliphatic hydroxyl groups excluding tert-OH is 1. The normalized spacial score (nSPS) is 31.5. The van der Waals surface area contributed by atoms with Gasteiger partial charge in [-0.15, -0.1) is 0 Å². The minimum Gasteiger partial charge on any atom is -0.391 e. The van der Waals surface area contributed by atoms with Crippen LogP contribution in [-0.4, -0.2) is 36.2 Å². The number of amides is 1. The van der Waals surface area contributed by atoms with E-state index in [2.05, 4.69) is 24.5 Å². The third kappa shape index (κ3) is 3.29. The van der Waals surface area contributed by atoms with Gasteiger partial charge in [-0.05, 0) is 37.1 Å². The van der Waals surface area contributed by atoms with Crippen LogP contribution in [0.4, 0.5) is 0 Å². The number of fused-ring (bicyclic) bond motifs is 1. The van der Waals surface area contributed by atoms with Crippen LogP contribution in [0.15, 0.2) is 0 Å². The van der Waals surface area contributed by atoms with Crippen LogP contribution >= 0.6 is 0 Å². The second kappa shape index (κ2) is 6.71. The van der Waals surface area contributed by atoms with Crippen LogP contribution in [0.2, 0.25) is 0 Å². The summed E-state index contributed by atoms with van der Waals surface area (Å²) in [6, 6.07) is -0.0265. The molecule has 1 aliphatic heterocycles. The maximum Gasteiger partial charge on any atom is 0.237 e. The Morgan fingerprint density at radius 1 is 1.37 bits per heavy atom. The number of hydrogen-bond acceptors (Lipinski definition) is 3. The summed E-state index contributed by atoms with van der Waals surface area (Å²) in [7, 11) is 0. The van der Waals surface area contributed by atoms with Crippen molar-refractivity contribution in [3.05, 3.63) is 0 Å². The molecule has 0 bridgehead atoms. The van der Waals surface area contributed by atoms with E-state index in [1.165, 1.54) is 19.3 Å². The van der Waals surface area contributed by atoms with E-state index in [1.807, 2.05) is 0 Å². The van der Waals surface area contributed by atoms with Gasteiger partial charge in [0.15, 0.2) is 0 Å². The first-order valence-electron chi connectivity index (χ1n) is 7.86. The topological polar surface area (TPSA) is 61.4 Å². The molecule has 1 heterocycles. The number of carbonyl (C=O) groups is 1. The van der Waals surface area contributed by atoms with Crippen molar-refractivity contribution in [2.45, 2.75) is 58.1 Å². The molecular weight excluding hydrogens is 240 g/mol. The molecule has 4 atom stereocenters. The highest BCUT2D eigenvalue weighted by Gasteiger charge is 2.42. The van der Waals surface area contributed by atoms with Crippen molar-refractivity contribution in [3.8, 4) is 0 Å². The van der Waals surface area contributed by atoms with Crippen molar-refractivity contribution in [3.63, 3.8) is 0 Å². The molecule has 0 radical (unpaired) electrons. The summed E-state index contributed by atoms with van der Waals surface area (Å²) in [6.45, 7) is 5.54. The maximum absolute atomic E-state index is 12.2. The van der Waals surface area contributed by atoms with Crippen LogP contribution in [0.5, 0.6) is 0 Å². The first kappa shape index (κ1) is 14.8. The molecule has 4 nitrogen and oxygen atoms in total. The van der Waals surface area contributed by atoms with Gasteiger partial charge in [-0.3, -0.25) is 4.79 Å². The van der Waals surface area contributed by atoms with Gasteiger partial charge in [0.05, 0.1) is 12.1 Å². The van der Waals surface area contributed by atoms with E-state index >= 15 is 0 Å². The van der Waals surface area contributed by atoms with Crippen molar-refractivity contribution < 1.29 is 9.90 Å². The second-order valence-corrected chi connectivity index (χ2v) is 6.13. The van der Waals surface area contributed by atoms with E-state index in [0.717, 1.165) is 19.4 Å². The second-order valence-electron chi connectivity index (χ2n) is 6.13. The third-order valence-electron chi connectivity index (χ3n) is 5.11. The summed E-state index contributed by atoms with van der Waals surface area (Å²) in [5.74, 6) is 1.58. The van der Waals surface area contributed by atoms with Gasteiger partial charge in [-0.25, -0.2) is 0 Å². The fourth-order valence-corrected chi connectivity index (χ4v) is 3.79. The molecule has 19 heavy (non-hydrogen) atoms. The lowest BCUT2D eigenvalue weighted by molar-refractivity contribution is -0.124. The highest BCUT2D eigenvalue weighted by molar-refractivity contribution is 5.82. The first-order chi connectivity index (χ1) is 9.17. The molecule has 3 N–H and O–H groups in total. The zero-order valence-electron chi connectivity index (χ0n) is 12.2. The van der Waals surface area contributed by atoms with Crippen LogP contribution in [-0.2, 0) is 4.79 Å². The highest BCUT2D eigenvalue weighted by Crippen LogP contribution is 2.37. The quantitative estimate of drug-likeness (QED) is 0.680. The maximum atomic E-state index is 12.2. The van der Waals surface area contributed by atoms with Gasteiger partial charge in [0.25, 0.3) is 0 Å². The molecule has 0 aromatic rings. The molecule has 1 amide bonds. The third-order valence-corrected chi connectivity index (χ3v) is 5.11. The van der Waals surface area contributed by atoms with Crippen molar-refractivity contribution in [1.29, 1.82) is 0 Å². The average molecular weight is 268 g/mol. The van der Waals surface area contributed by atoms with E-state index in [1.54, 1.807) is 0 Å². The predicted molar refractivity (Wildman–Crippen MR) is 75.7 cm³/mol. The fourth-order valence-electron chi connectivity index (χ4n) is 3.79. The van der Waals surface area contributed by atoms with Gasteiger partial charge in [-0.1, -0.05) is 33.1 Å². The summed E-state index contributed by atoms with van der Waals surface area (Å²) >= 11 is 0. The van der Waals surface area contributed by atoms with Gasteiger partial charge in [0.2, 0.25) is 5.91 Å².